The van der Waals surface area contributed by atoms with E-state index in [0.717, 1.165) is 6.92 Å². The Morgan fingerprint density at radius 3 is 2.00 bits per heavy atom. The SMILES string of the molecule is CC(=O)[C@@H](O)[C@H](O)C(=O)C=O. The van der Waals surface area contributed by atoms with E-state index in [0.29, 0.717) is 0 Å². The Balaban J connectivity index is 4.23. The lowest BCUT2D eigenvalue weighted by atomic mass is 10.1. The molecule has 0 aromatic rings. The van der Waals surface area contributed by atoms with Crippen LogP contribution < -0.4 is 0 Å². The van der Waals surface area contributed by atoms with Gasteiger partial charge < -0.3 is 10.2 Å². The first-order valence-corrected chi connectivity index (χ1v) is 2.86. The van der Waals surface area contributed by atoms with Gasteiger partial charge in [-0.05, 0) is 6.92 Å². The smallest absolute Gasteiger partial charge is 0.226 e. The third kappa shape index (κ3) is 2.57. The number of carbonyl (C=O) groups is 3. The minimum absolute atomic E-state index is 0.142. The summed E-state index contributed by atoms with van der Waals surface area (Å²) in [5.41, 5.74) is 0. The standard InChI is InChI=1S/C6H8O5/c1-3(8)5(10)6(11)4(9)2-7/h2,5-6,10-11H,1H3/t5-,6-/m1/s1. The average molecular weight is 160 g/mol. The molecule has 0 saturated heterocycles. The molecule has 0 aliphatic rings. The summed E-state index contributed by atoms with van der Waals surface area (Å²) in [4.78, 5) is 30.4. The van der Waals surface area contributed by atoms with Crippen molar-refractivity contribution in [2.24, 2.45) is 0 Å². The van der Waals surface area contributed by atoms with Gasteiger partial charge in [0.15, 0.2) is 18.2 Å². The summed E-state index contributed by atoms with van der Waals surface area (Å²) in [6, 6.07) is 0. The van der Waals surface area contributed by atoms with Gasteiger partial charge in [-0.25, -0.2) is 0 Å². The van der Waals surface area contributed by atoms with E-state index in [1.807, 2.05) is 0 Å². The lowest BCUT2D eigenvalue weighted by Gasteiger charge is -2.09. The number of hydrogen-bond donors (Lipinski definition) is 2. The number of aliphatic hydroxyl groups excluding tert-OH is 2. The summed E-state index contributed by atoms with van der Waals surface area (Å²) in [6.45, 7) is 1.01. The van der Waals surface area contributed by atoms with Gasteiger partial charge >= 0.3 is 0 Å². The first-order chi connectivity index (χ1) is 5.00. The van der Waals surface area contributed by atoms with Gasteiger partial charge in [-0.2, -0.15) is 0 Å². The summed E-state index contributed by atoms with van der Waals surface area (Å²) in [5, 5.41) is 17.4. The van der Waals surface area contributed by atoms with E-state index in [-0.39, 0.29) is 6.29 Å². The molecule has 0 aromatic heterocycles. The lowest BCUT2D eigenvalue weighted by Crippen LogP contribution is -2.39. The lowest BCUT2D eigenvalue weighted by molar-refractivity contribution is -0.145. The first-order valence-electron chi connectivity index (χ1n) is 2.86. The number of aliphatic hydroxyl groups is 2. The zero-order chi connectivity index (χ0) is 9.02. The highest BCUT2D eigenvalue weighted by molar-refractivity contribution is 6.27. The molecular weight excluding hydrogens is 152 g/mol. The molecule has 0 radical (unpaired) electrons. The van der Waals surface area contributed by atoms with Crippen LogP contribution in [0.5, 0.6) is 0 Å². The number of ketones is 2. The molecule has 2 atom stereocenters. The first kappa shape index (κ1) is 9.93. The molecule has 11 heavy (non-hydrogen) atoms. The maximum Gasteiger partial charge on any atom is 0.226 e. The fraction of sp³-hybridized carbons (Fsp3) is 0.500. The molecule has 5 heteroatoms. The van der Waals surface area contributed by atoms with Gasteiger partial charge in [0.2, 0.25) is 5.78 Å². The fourth-order valence-corrected chi connectivity index (χ4v) is 0.448. The van der Waals surface area contributed by atoms with E-state index in [2.05, 4.69) is 0 Å². The molecule has 0 saturated carbocycles. The molecular formula is C6H8O5. The van der Waals surface area contributed by atoms with E-state index in [9.17, 15) is 14.4 Å². The maximum atomic E-state index is 10.3. The van der Waals surface area contributed by atoms with Crippen LogP contribution in [0.1, 0.15) is 6.92 Å². The second-order valence-electron chi connectivity index (χ2n) is 2.02. The van der Waals surface area contributed by atoms with Gasteiger partial charge in [0.05, 0.1) is 0 Å². The van der Waals surface area contributed by atoms with Crippen molar-refractivity contribution in [2.75, 3.05) is 0 Å². The van der Waals surface area contributed by atoms with Gasteiger partial charge in [-0.15, -0.1) is 0 Å². The highest BCUT2D eigenvalue weighted by Gasteiger charge is 2.26. The summed E-state index contributed by atoms with van der Waals surface area (Å²) < 4.78 is 0. The molecule has 5 nitrogen and oxygen atoms in total. The second-order valence-corrected chi connectivity index (χ2v) is 2.02. The van der Waals surface area contributed by atoms with Gasteiger partial charge in [0, 0.05) is 0 Å². The average Bonchev–Trinajstić information content (AvgIpc) is 2.00. The van der Waals surface area contributed by atoms with Gasteiger partial charge in [-0.3, -0.25) is 14.4 Å². The van der Waals surface area contributed by atoms with E-state index in [1.54, 1.807) is 0 Å². The van der Waals surface area contributed by atoms with Crippen LogP contribution >= 0.6 is 0 Å². The quantitative estimate of drug-likeness (QED) is 0.369. The van der Waals surface area contributed by atoms with Crippen molar-refractivity contribution >= 4 is 17.9 Å². The molecule has 2 N–H and O–H groups in total. The third-order valence-electron chi connectivity index (χ3n) is 1.12. The Hall–Kier alpha value is -1.07. The van der Waals surface area contributed by atoms with Gasteiger partial charge in [0.1, 0.15) is 6.10 Å². The molecule has 0 rings (SSSR count). The number of rotatable bonds is 4. The number of aldehydes is 1. The minimum atomic E-state index is -1.93. The van der Waals surface area contributed by atoms with Crippen LogP contribution in [0, 0.1) is 0 Å². The molecule has 62 valence electrons. The van der Waals surface area contributed by atoms with Crippen molar-refractivity contribution in [1.29, 1.82) is 0 Å². The molecule has 0 heterocycles. The zero-order valence-corrected chi connectivity index (χ0v) is 5.85. The molecule has 0 amide bonds. The highest BCUT2D eigenvalue weighted by atomic mass is 16.3. The Bertz CT molecular complexity index is 185. The predicted molar refractivity (Wildman–Crippen MR) is 33.8 cm³/mol. The Morgan fingerprint density at radius 2 is 1.73 bits per heavy atom. The highest BCUT2D eigenvalue weighted by Crippen LogP contribution is 1.94. The number of hydrogen-bond acceptors (Lipinski definition) is 5. The second kappa shape index (κ2) is 3.95. The molecule has 0 bridgehead atoms. The summed E-state index contributed by atoms with van der Waals surface area (Å²) in [6.07, 6.45) is -3.87. The number of carbonyl (C=O) groups excluding carboxylic acids is 3. The van der Waals surface area contributed by atoms with Crippen LogP contribution in [0.2, 0.25) is 0 Å². The largest absolute Gasteiger partial charge is 0.382 e. The summed E-state index contributed by atoms with van der Waals surface area (Å²) >= 11 is 0. The molecule has 0 fully saturated rings. The van der Waals surface area contributed by atoms with Gasteiger partial charge in [0.25, 0.3) is 0 Å². The summed E-state index contributed by atoms with van der Waals surface area (Å²) in [7, 11) is 0. The van der Waals surface area contributed by atoms with Crippen molar-refractivity contribution in [1.82, 2.24) is 0 Å². The third-order valence-corrected chi connectivity index (χ3v) is 1.12. The van der Waals surface area contributed by atoms with Crippen molar-refractivity contribution < 1.29 is 24.6 Å². The monoisotopic (exact) mass is 160 g/mol. The topological polar surface area (TPSA) is 91.7 Å². The predicted octanol–water partition coefficient (Wildman–Crippen LogP) is -1.93. The van der Waals surface area contributed by atoms with Crippen LogP contribution in [0.15, 0.2) is 0 Å². The van der Waals surface area contributed by atoms with Crippen LogP contribution in [0.3, 0.4) is 0 Å². The van der Waals surface area contributed by atoms with Crippen molar-refractivity contribution in [2.45, 2.75) is 19.1 Å². The molecule has 0 aliphatic heterocycles. The van der Waals surface area contributed by atoms with Crippen molar-refractivity contribution in [3.63, 3.8) is 0 Å². The Labute approximate surface area is 62.6 Å². The van der Waals surface area contributed by atoms with Gasteiger partial charge in [-0.1, -0.05) is 0 Å². The summed E-state index contributed by atoms with van der Waals surface area (Å²) in [5.74, 6) is -1.96. The van der Waals surface area contributed by atoms with E-state index >= 15 is 0 Å². The normalized spacial score (nSPS) is 15.2. The van der Waals surface area contributed by atoms with Crippen LogP contribution in [0.4, 0.5) is 0 Å². The van der Waals surface area contributed by atoms with E-state index < -0.39 is 23.8 Å². The zero-order valence-electron chi connectivity index (χ0n) is 5.85. The van der Waals surface area contributed by atoms with Crippen molar-refractivity contribution in [3.8, 4) is 0 Å². The van der Waals surface area contributed by atoms with E-state index in [1.165, 1.54) is 0 Å². The minimum Gasteiger partial charge on any atom is -0.382 e. The molecule has 0 aromatic carbocycles. The van der Waals surface area contributed by atoms with Crippen LogP contribution in [0.25, 0.3) is 0 Å². The maximum absolute atomic E-state index is 10.3. The fourth-order valence-electron chi connectivity index (χ4n) is 0.448. The van der Waals surface area contributed by atoms with Crippen LogP contribution in [-0.4, -0.2) is 40.3 Å². The Kier molecular flexibility index (Phi) is 3.56. The molecule has 0 unspecified atom stereocenters. The molecule has 0 aliphatic carbocycles. The number of Topliss-reactive ketones (excluding diaryl/α,β-unsaturated/α-hetero) is 2. The van der Waals surface area contributed by atoms with E-state index in [4.69, 9.17) is 10.2 Å². The van der Waals surface area contributed by atoms with Crippen molar-refractivity contribution in [3.05, 3.63) is 0 Å². The van der Waals surface area contributed by atoms with Crippen LogP contribution in [-0.2, 0) is 14.4 Å². The molecule has 0 spiro atoms. The Morgan fingerprint density at radius 1 is 1.27 bits per heavy atom.